The van der Waals surface area contributed by atoms with Crippen LogP contribution >= 0.6 is 23.1 Å². The number of rotatable bonds is 7. The number of nitrogens with one attached hydrogen (secondary N) is 1. The van der Waals surface area contributed by atoms with Crippen molar-refractivity contribution in [3.8, 4) is 0 Å². The van der Waals surface area contributed by atoms with Crippen molar-refractivity contribution in [2.45, 2.75) is 36.5 Å². The minimum atomic E-state index is -0.203. The summed E-state index contributed by atoms with van der Waals surface area (Å²) in [6.45, 7) is 4.72. The number of carbonyl (C=O) groups excluding carboxylic acids is 1. The normalized spacial score (nSPS) is 13.5. The van der Waals surface area contributed by atoms with Gasteiger partial charge in [-0.05, 0) is 30.4 Å². The number of amides is 1. The third-order valence-electron chi connectivity index (χ3n) is 4.17. The van der Waals surface area contributed by atoms with Crippen molar-refractivity contribution in [2.24, 2.45) is 0 Å². The largest absolute Gasteiger partial charge is 0.355 e. The molecule has 0 radical (unpaired) electrons. The predicted molar refractivity (Wildman–Crippen MR) is 105 cm³/mol. The lowest BCUT2D eigenvalue weighted by atomic mass is 9.96. The minimum Gasteiger partial charge on any atom is -0.355 e. The molecule has 0 fully saturated rings. The number of benzene rings is 1. The number of aromatic nitrogens is 2. The van der Waals surface area contributed by atoms with Gasteiger partial charge in [-0.1, -0.05) is 49.0 Å². The lowest BCUT2D eigenvalue weighted by Gasteiger charge is -2.18. The Balaban J connectivity index is 1.60. The average Bonchev–Trinajstić information content (AvgIpc) is 3.12. The second-order valence-corrected chi connectivity index (χ2v) is 8.06. The van der Waals surface area contributed by atoms with E-state index in [2.05, 4.69) is 34.3 Å². The van der Waals surface area contributed by atoms with Gasteiger partial charge in [-0.15, -0.1) is 11.3 Å². The van der Waals surface area contributed by atoms with Gasteiger partial charge in [-0.2, -0.15) is 0 Å². The molecule has 0 bridgehead atoms. The Kier molecular flexibility index (Phi) is 6.04. The lowest BCUT2D eigenvalue weighted by molar-refractivity contribution is -0.120. The van der Waals surface area contributed by atoms with Gasteiger partial charge in [-0.25, -0.2) is 9.97 Å². The van der Waals surface area contributed by atoms with Crippen molar-refractivity contribution in [1.29, 1.82) is 0 Å². The zero-order chi connectivity index (χ0) is 17.6. The van der Waals surface area contributed by atoms with Gasteiger partial charge in [0.2, 0.25) is 5.91 Å². The van der Waals surface area contributed by atoms with Gasteiger partial charge in [-0.3, -0.25) is 4.79 Å². The smallest absolute Gasteiger partial charge is 0.233 e. The van der Waals surface area contributed by atoms with E-state index < -0.39 is 0 Å². The highest BCUT2D eigenvalue weighted by Crippen LogP contribution is 2.30. The Bertz CT molecular complexity index is 835. The summed E-state index contributed by atoms with van der Waals surface area (Å²) < 4.78 is 0. The molecule has 0 spiro atoms. The van der Waals surface area contributed by atoms with Crippen molar-refractivity contribution in [1.82, 2.24) is 15.3 Å². The number of thioether (sulfide) groups is 1. The summed E-state index contributed by atoms with van der Waals surface area (Å²) in [5.74, 6) is 0.381. The van der Waals surface area contributed by atoms with Crippen molar-refractivity contribution >= 4 is 39.2 Å². The fourth-order valence-corrected chi connectivity index (χ4v) is 4.40. The topological polar surface area (TPSA) is 54.9 Å². The number of thiophene rings is 1. The molecule has 0 unspecified atom stereocenters. The zero-order valence-electron chi connectivity index (χ0n) is 14.3. The van der Waals surface area contributed by atoms with Gasteiger partial charge >= 0.3 is 0 Å². The Morgan fingerprint density at radius 3 is 2.80 bits per heavy atom. The van der Waals surface area contributed by atoms with E-state index in [9.17, 15) is 4.79 Å². The molecule has 3 rings (SSSR count). The van der Waals surface area contributed by atoms with Crippen molar-refractivity contribution in [3.05, 3.63) is 53.7 Å². The highest BCUT2D eigenvalue weighted by Gasteiger charge is 2.18. The molecule has 0 aliphatic carbocycles. The molecule has 1 aromatic carbocycles. The van der Waals surface area contributed by atoms with Crippen molar-refractivity contribution in [3.63, 3.8) is 0 Å². The summed E-state index contributed by atoms with van der Waals surface area (Å²) in [5.41, 5.74) is 1.27. The fraction of sp³-hybridized carbons (Fsp3) is 0.316. The first-order valence-electron chi connectivity index (χ1n) is 8.36. The summed E-state index contributed by atoms with van der Waals surface area (Å²) in [6.07, 6.45) is 2.56. The molecule has 0 saturated heterocycles. The van der Waals surface area contributed by atoms with Gasteiger partial charge < -0.3 is 5.32 Å². The molecule has 3 aromatic rings. The second-order valence-electron chi connectivity index (χ2n) is 5.84. The van der Waals surface area contributed by atoms with Crippen molar-refractivity contribution < 1.29 is 4.79 Å². The Hall–Kier alpha value is -1.92. The quantitative estimate of drug-likeness (QED) is 0.491. The molecule has 130 valence electrons. The van der Waals surface area contributed by atoms with Gasteiger partial charge in [0.25, 0.3) is 0 Å². The molecule has 6 heteroatoms. The highest BCUT2D eigenvalue weighted by atomic mass is 32.2. The molecule has 2 heterocycles. The van der Waals surface area contributed by atoms with Crippen LogP contribution in [0.1, 0.15) is 31.7 Å². The van der Waals surface area contributed by atoms with Crippen LogP contribution in [0.25, 0.3) is 10.2 Å². The Labute approximate surface area is 156 Å². The first-order valence-corrected chi connectivity index (χ1v) is 10.1. The van der Waals surface area contributed by atoms with Gasteiger partial charge in [0.1, 0.15) is 16.2 Å². The molecule has 0 aliphatic heterocycles. The van der Waals surface area contributed by atoms with Crippen LogP contribution in [-0.4, -0.2) is 27.7 Å². The molecule has 1 N–H and O–H groups in total. The zero-order valence-corrected chi connectivity index (χ0v) is 15.9. The number of nitrogens with zero attached hydrogens (tertiary/aromatic N) is 2. The van der Waals surface area contributed by atoms with E-state index in [1.807, 2.05) is 36.6 Å². The summed E-state index contributed by atoms with van der Waals surface area (Å²) in [5, 5.41) is 6.78. The summed E-state index contributed by atoms with van der Waals surface area (Å²) in [4.78, 5) is 22.0. The molecule has 2 aromatic heterocycles. The third kappa shape index (κ3) is 4.38. The molecular weight excluding hydrogens is 350 g/mol. The van der Waals surface area contributed by atoms with E-state index in [0.29, 0.717) is 12.5 Å². The van der Waals surface area contributed by atoms with Gasteiger partial charge in [0, 0.05) is 17.8 Å². The monoisotopic (exact) mass is 371 g/mol. The van der Waals surface area contributed by atoms with Crippen LogP contribution in [0.15, 0.2) is 53.1 Å². The fourth-order valence-electron chi connectivity index (χ4n) is 2.67. The summed E-state index contributed by atoms with van der Waals surface area (Å²) >= 11 is 3.07. The van der Waals surface area contributed by atoms with E-state index in [1.165, 1.54) is 17.3 Å². The van der Waals surface area contributed by atoms with E-state index in [-0.39, 0.29) is 11.2 Å². The molecule has 25 heavy (non-hydrogen) atoms. The first kappa shape index (κ1) is 17.9. The number of hydrogen-bond donors (Lipinski definition) is 1. The van der Waals surface area contributed by atoms with Crippen LogP contribution in [0, 0.1) is 0 Å². The standard InChI is InChI=1S/C19H21N3OS2/c1-3-14(15-7-5-4-6-8-15)11-20-17(23)13(2)25-19-16-9-10-24-18(16)21-12-22-19/h4-10,12-14H,3,11H2,1-2H3,(H,20,23)/t13-,14+/m0/s1. The maximum absolute atomic E-state index is 12.5. The van der Waals surface area contributed by atoms with E-state index in [0.717, 1.165) is 21.7 Å². The number of carbonyl (C=O) groups is 1. The van der Waals surface area contributed by atoms with E-state index in [4.69, 9.17) is 0 Å². The van der Waals surface area contributed by atoms with Crippen LogP contribution in [0.3, 0.4) is 0 Å². The SMILES string of the molecule is CC[C@H](CNC(=O)[C@H](C)Sc1ncnc2sccc12)c1ccccc1. The van der Waals surface area contributed by atoms with Crippen LogP contribution in [0.2, 0.25) is 0 Å². The number of fused-ring (bicyclic) bond motifs is 1. The number of hydrogen-bond acceptors (Lipinski definition) is 5. The van der Waals surface area contributed by atoms with E-state index >= 15 is 0 Å². The van der Waals surface area contributed by atoms with Crippen LogP contribution in [0.4, 0.5) is 0 Å². The maximum Gasteiger partial charge on any atom is 0.233 e. The van der Waals surface area contributed by atoms with Crippen LogP contribution in [-0.2, 0) is 4.79 Å². The van der Waals surface area contributed by atoms with Crippen LogP contribution in [0.5, 0.6) is 0 Å². The predicted octanol–water partition coefficient (Wildman–Crippen LogP) is 4.48. The van der Waals surface area contributed by atoms with Crippen molar-refractivity contribution in [2.75, 3.05) is 6.54 Å². The first-order chi connectivity index (χ1) is 12.2. The average molecular weight is 372 g/mol. The minimum absolute atomic E-state index is 0.0429. The van der Waals surface area contributed by atoms with Gasteiger partial charge in [0.05, 0.1) is 5.25 Å². The second kappa shape index (κ2) is 8.45. The molecule has 0 saturated carbocycles. The molecule has 0 aliphatic rings. The van der Waals surface area contributed by atoms with Gasteiger partial charge in [0.15, 0.2) is 0 Å². The molecule has 1 amide bonds. The van der Waals surface area contributed by atoms with E-state index in [1.54, 1.807) is 17.7 Å². The molecular formula is C19H21N3OS2. The molecule has 2 atom stereocenters. The summed E-state index contributed by atoms with van der Waals surface area (Å²) in [7, 11) is 0. The molecule has 4 nitrogen and oxygen atoms in total. The summed E-state index contributed by atoms with van der Waals surface area (Å²) in [6, 6.07) is 12.3. The Morgan fingerprint density at radius 2 is 2.04 bits per heavy atom. The third-order valence-corrected chi connectivity index (χ3v) is 6.11. The van der Waals surface area contributed by atoms with Crippen LogP contribution < -0.4 is 5.32 Å². The Morgan fingerprint density at radius 1 is 1.24 bits per heavy atom. The lowest BCUT2D eigenvalue weighted by Crippen LogP contribution is -2.34. The highest BCUT2D eigenvalue weighted by molar-refractivity contribution is 8.00. The maximum atomic E-state index is 12.5.